The molecule has 25 heavy (non-hydrogen) atoms. The fourth-order valence-corrected chi connectivity index (χ4v) is 3.83. The minimum absolute atomic E-state index is 0.0301. The minimum Gasteiger partial charge on any atom is -0.356 e. The Bertz CT molecular complexity index is 918. The SMILES string of the molecule is O=C(c1ccc(Cl)cc1)C1CCN(c2ncnc3[nH]nc(Br)c23)CC1. The fourth-order valence-electron chi connectivity index (χ4n) is 3.25. The van der Waals surface area contributed by atoms with Crippen molar-refractivity contribution >= 4 is 50.2 Å². The lowest BCUT2D eigenvalue weighted by Gasteiger charge is -2.32. The van der Waals surface area contributed by atoms with E-state index in [1.165, 1.54) is 6.33 Å². The molecule has 2 aromatic heterocycles. The van der Waals surface area contributed by atoms with Crippen molar-refractivity contribution in [2.75, 3.05) is 18.0 Å². The summed E-state index contributed by atoms with van der Waals surface area (Å²) in [5, 5.41) is 8.54. The van der Waals surface area contributed by atoms with Crippen molar-refractivity contribution in [3.8, 4) is 0 Å². The van der Waals surface area contributed by atoms with Crippen LogP contribution in [0.2, 0.25) is 5.02 Å². The van der Waals surface area contributed by atoms with Crippen LogP contribution in [-0.4, -0.2) is 39.0 Å². The van der Waals surface area contributed by atoms with Crippen molar-refractivity contribution in [3.05, 3.63) is 45.8 Å². The van der Waals surface area contributed by atoms with Gasteiger partial charge in [0.15, 0.2) is 11.4 Å². The summed E-state index contributed by atoms with van der Waals surface area (Å²) in [5.41, 5.74) is 1.43. The number of carbonyl (C=O) groups is 1. The van der Waals surface area contributed by atoms with Gasteiger partial charge in [0.1, 0.15) is 16.7 Å². The van der Waals surface area contributed by atoms with Gasteiger partial charge >= 0.3 is 0 Å². The summed E-state index contributed by atoms with van der Waals surface area (Å²) in [5.74, 6) is 1.07. The number of hydrogen-bond acceptors (Lipinski definition) is 5. The minimum atomic E-state index is 0.0301. The van der Waals surface area contributed by atoms with Gasteiger partial charge in [-0.2, -0.15) is 5.10 Å². The summed E-state index contributed by atoms with van der Waals surface area (Å²) in [7, 11) is 0. The first kappa shape index (κ1) is 16.5. The molecule has 0 spiro atoms. The van der Waals surface area contributed by atoms with Gasteiger partial charge in [0.05, 0.1) is 5.39 Å². The second kappa shape index (κ2) is 6.72. The van der Waals surface area contributed by atoms with Gasteiger partial charge in [0.2, 0.25) is 0 Å². The van der Waals surface area contributed by atoms with Crippen molar-refractivity contribution in [3.63, 3.8) is 0 Å². The quantitative estimate of drug-likeness (QED) is 0.651. The molecule has 1 aromatic carbocycles. The van der Waals surface area contributed by atoms with Crippen molar-refractivity contribution < 1.29 is 4.79 Å². The van der Waals surface area contributed by atoms with E-state index in [-0.39, 0.29) is 11.7 Å². The lowest BCUT2D eigenvalue weighted by molar-refractivity contribution is 0.0900. The number of halogens is 2. The van der Waals surface area contributed by atoms with Crippen LogP contribution >= 0.6 is 27.5 Å². The zero-order chi connectivity index (χ0) is 17.4. The zero-order valence-electron chi connectivity index (χ0n) is 13.2. The normalized spacial score (nSPS) is 15.7. The number of piperidine rings is 1. The van der Waals surface area contributed by atoms with Crippen LogP contribution in [0.25, 0.3) is 11.0 Å². The smallest absolute Gasteiger partial charge is 0.166 e. The van der Waals surface area contributed by atoms with E-state index in [0.29, 0.717) is 15.3 Å². The first-order chi connectivity index (χ1) is 12.1. The Hall–Kier alpha value is -1.99. The summed E-state index contributed by atoms with van der Waals surface area (Å²) in [6.45, 7) is 1.54. The predicted molar refractivity (Wildman–Crippen MR) is 100 cm³/mol. The number of ketones is 1. The lowest BCUT2D eigenvalue weighted by atomic mass is 9.89. The standard InChI is InChI=1S/C17H15BrClN5O/c18-15-13-16(23-22-15)20-9-21-17(13)24-7-5-11(6-8-24)14(25)10-1-3-12(19)4-2-10/h1-4,9,11H,5-8H2,(H,20,21,22,23). The van der Waals surface area contributed by atoms with Crippen LogP contribution in [0.4, 0.5) is 5.82 Å². The van der Waals surface area contributed by atoms with Gasteiger partial charge in [0.25, 0.3) is 0 Å². The van der Waals surface area contributed by atoms with Crippen LogP contribution in [0.3, 0.4) is 0 Å². The van der Waals surface area contributed by atoms with E-state index < -0.39 is 0 Å². The maximum absolute atomic E-state index is 12.7. The van der Waals surface area contributed by atoms with Gasteiger partial charge < -0.3 is 4.90 Å². The monoisotopic (exact) mass is 419 g/mol. The molecule has 3 aromatic rings. The number of anilines is 1. The lowest BCUT2D eigenvalue weighted by Crippen LogP contribution is -2.37. The van der Waals surface area contributed by atoms with E-state index in [1.807, 2.05) is 0 Å². The number of Topliss-reactive ketones (excluding diaryl/α,β-unsaturated/α-hetero) is 1. The number of nitrogens with one attached hydrogen (secondary N) is 1. The topological polar surface area (TPSA) is 74.8 Å². The largest absolute Gasteiger partial charge is 0.356 e. The third-order valence-electron chi connectivity index (χ3n) is 4.59. The molecule has 0 bridgehead atoms. The molecule has 3 heterocycles. The van der Waals surface area contributed by atoms with Crippen molar-refractivity contribution in [1.82, 2.24) is 20.2 Å². The first-order valence-electron chi connectivity index (χ1n) is 8.03. The number of benzene rings is 1. The second-order valence-electron chi connectivity index (χ2n) is 6.07. The van der Waals surface area contributed by atoms with Crippen LogP contribution in [0.15, 0.2) is 35.2 Å². The maximum atomic E-state index is 12.7. The summed E-state index contributed by atoms with van der Waals surface area (Å²) < 4.78 is 0.706. The molecule has 1 aliphatic heterocycles. The molecule has 1 aliphatic rings. The van der Waals surface area contributed by atoms with E-state index in [4.69, 9.17) is 11.6 Å². The average Bonchev–Trinajstić information content (AvgIpc) is 3.03. The van der Waals surface area contributed by atoms with Gasteiger partial charge in [-0.05, 0) is 53.0 Å². The van der Waals surface area contributed by atoms with Crippen LogP contribution in [-0.2, 0) is 0 Å². The molecule has 0 amide bonds. The maximum Gasteiger partial charge on any atom is 0.166 e. The van der Waals surface area contributed by atoms with Crippen molar-refractivity contribution in [1.29, 1.82) is 0 Å². The van der Waals surface area contributed by atoms with E-state index in [9.17, 15) is 4.79 Å². The van der Waals surface area contributed by atoms with Gasteiger partial charge in [-0.3, -0.25) is 9.89 Å². The second-order valence-corrected chi connectivity index (χ2v) is 7.26. The molecule has 0 aliphatic carbocycles. The summed E-state index contributed by atoms with van der Waals surface area (Å²) in [4.78, 5) is 23.5. The highest BCUT2D eigenvalue weighted by Gasteiger charge is 2.28. The molecule has 1 saturated heterocycles. The molecular weight excluding hydrogens is 406 g/mol. The number of H-pyrrole nitrogens is 1. The van der Waals surface area contributed by atoms with E-state index in [1.54, 1.807) is 24.3 Å². The van der Waals surface area contributed by atoms with Crippen LogP contribution in [0.1, 0.15) is 23.2 Å². The Labute approximate surface area is 157 Å². The number of aromatic nitrogens is 4. The van der Waals surface area contributed by atoms with E-state index in [0.717, 1.165) is 42.7 Å². The fraction of sp³-hybridized carbons (Fsp3) is 0.294. The number of carbonyl (C=O) groups excluding carboxylic acids is 1. The van der Waals surface area contributed by atoms with Gasteiger partial charge in [-0.25, -0.2) is 9.97 Å². The summed E-state index contributed by atoms with van der Waals surface area (Å²) >= 11 is 9.34. The molecule has 0 radical (unpaired) electrons. The number of fused-ring (bicyclic) bond motifs is 1. The molecule has 4 rings (SSSR count). The summed E-state index contributed by atoms with van der Waals surface area (Å²) in [6, 6.07) is 7.12. The van der Waals surface area contributed by atoms with Crippen LogP contribution in [0, 0.1) is 5.92 Å². The Kier molecular flexibility index (Phi) is 4.43. The van der Waals surface area contributed by atoms with E-state index in [2.05, 4.69) is 41.0 Å². The number of aromatic amines is 1. The van der Waals surface area contributed by atoms with Crippen LogP contribution in [0.5, 0.6) is 0 Å². The highest BCUT2D eigenvalue weighted by molar-refractivity contribution is 9.10. The molecule has 0 unspecified atom stereocenters. The van der Waals surface area contributed by atoms with Crippen molar-refractivity contribution in [2.24, 2.45) is 5.92 Å². The molecule has 1 fully saturated rings. The third-order valence-corrected chi connectivity index (χ3v) is 5.41. The molecule has 0 atom stereocenters. The highest BCUT2D eigenvalue weighted by atomic mass is 79.9. The van der Waals surface area contributed by atoms with Gasteiger partial charge in [-0.1, -0.05) is 11.6 Å². The molecule has 128 valence electrons. The van der Waals surface area contributed by atoms with Gasteiger partial charge in [0, 0.05) is 29.6 Å². The molecular formula is C17H15BrClN5O. The average molecular weight is 421 g/mol. The van der Waals surface area contributed by atoms with Gasteiger partial charge in [-0.15, -0.1) is 0 Å². The Balaban J connectivity index is 1.50. The summed E-state index contributed by atoms with van der Waals surface area (Å²) in [6.07, 6.45) is 3.12. The molecule has 0 saturated carbocycles. The number of nitrogens with zero attached hydrogens (tertiary/aromatic N) is 4. The number of rotatable bonds is 3. The Morgan fingerprint density at radius 2 is 1.92 bits per heavy atom. The molecule has 6 nitrogen and oxygen atoms in total. The third kappa shape index (κ3) is 3.14. The van der Waals surface area contributed by atoms with E-state index >= 15 is 0 Å². The Morgan fingerprint density at radius 3 is 2.64 bits per heavy atom. The molecule has 8 heteroatoms. The first-order valence-corrected chi connectivity index (χ1v) is 9.20. The predicted octanol–water partition coefficient (Wildman–Crippen LogP) is 3.87. The van der Waals surface area contributed by atoms with Crippen molar-refractivity contribution in [2.45, 2.75) is 12.8 Å². The van der Waals surface area contributed by atoms with Crippen LogP contribution < -0.4 is 4.90 Å². The molecule has 1 N–H and O–H groups in total. The Morgan fingerprint density at radius 1 is 1.20 bits per heavy atom. The zero-order valence-corrected chi connectivity index (χ0v) is 15.6. The highest BCUT2D eigenvalue weighted by Crippen LogP contribution is 2.31. The number of hydrogen-bond donors (Lipinski definition) is 1.